The summed E-state index contributed by atoms with van der Waals surface area (Å²) in [7, 11) is 1.61. The number of rotatable bonds is 5. The van der Waals surface area contributed by atoms with Crippen molar-refractivity contribution in [2.45, 2.75) is 44.2 Å². The van der Waals surface area contributed by atoms with Crippen LogP contribution in [0.1, 0.15) is 44.4 Å². The fraction of sp³-hybridized carbons (Fsp3) is 0.417. The highest BCUT2D eigenvalue weighted by Gasteiger charge is 2.60. The van der Waals surface area contributed by atoms with E-state index < -0.39 is 17.1 Å². The molecule has 2 aliphatic rings. The highest BCUT2D eigenvalue weighted by Crippen LogP contribution is 2.55. The molecule has 2 aromatic rings. The first-order chi connectivity index (χ1) is 14.3. The largest absolute Gasteiger partial charge is 0.497 e. The minimum atomic E-state index is -0.980. The Bertz CT molecular complexity index is 987. The van der Waals surface area contributed by atoms with Crippen molar-refractivity contribution < 1.29 is 19.1 Å². The van der Waals surface area contributed by atoms with Crippen LogP contribution >= 0.6 is 0 Å². The molecule has 2 aliphatic heterocycles. The fourth-order valence-electron chi connectivity index (χ4n) is 4.95. The summed E-state index contributed by atoms with van der Waals surface area (Å²) in [5.74, 6) is 0.505. The maximum Gasteiger partial charge on any atom is 0.254 e. The van der Waals surface area contributed by atoms with Crippen molar-refractivity contribution >= 4 is 17.5 Å². The van der Waals surface area contributed by atoms with E-state index in [1.54, 1.807) is 21.0 Å². The van der Waals surface area contributed by atoms with E-state index in [0.717, 1.165) is 16.8 Å². The molecule has 0 unspecified atom stereocenters. The van der Waals surface area contributed by atoms with E-state index in [1.165, 1.54) is 0 Å². The summed E-state index contributed by atoms with van der Waals surface area (Å²) in [5, 5.41) is 3.04. The summed E-state index contributed by atoms with van der Waals surface area (Å²) in [6.07, 6.45) is 0.547. The van der Waals surface area contributed by atoms with Crippen molar-refractivity contribution in [3.63, 3.8) is 0 Å². The molecule has 2 heterocycles. The molecular weight excluding hydrogens is 380 g/mol. The number of para-hydroxylation sites is 1. The lowest BCUT2D eigenvalue weighted by Gasteiger charge is -2.37. The Morgan fingerprint density at radius 1 is 1.23 bits per heavy atom. The van der Waals surface area contributed by atoms with Crippen molar-refractivity contribution in [1.29, 1.82) is 0 Å². The first-order valence-corrected chi connectivity index (χ1v) is 10.3. The van der Waals surface area contributed by atoms with Gasteiger partial charge in [-0.15, -0.1) is 0 Å². The van der Waals surface area contributed by atoms with E-state index in [1.807, 2.05) is 60.4 Å². The van der Waals surface area contributed by atoms with Crippen LogP contribution < -0.4 is 10.1 Å². The summed E-state index contributed by atoms with van der Waals surface area (Å²) in [6.45, 7) is 6.36. The Labute approximate surface area is 177 Å². The zero-order valence-electron chi connectivity index (χ0n) is 17.9. The van der Waals surface area contributed by atoms with Crippen molar-refractivity contribution in [3.8, 4) is 5.75 Å². The standard InChI is InChI=1S/C24H28N2O4/c1-5-30-23(2,3)22(28)26-14-13-24(18-11-6-7-12-19(18)25-21(24)27)20(26)16-9-8-10-17(15-16)29-4/h6-12,15,20H,5,13-14H2,1-4H3,(H,25,27)/t20-,24+/m0/s1. The van der Waals surface area contributed by atoms with Gasteiger partial charge in [-0.25, -0.2) is 0 Å². The summed E-state index contributed by atoms with van der Waals surface area (Å²) >= 11 is 0. The van der Waals surface area contributed by atoms with Crippen LogP contribution in [0, 0.1) is 0 Å². The molecule has 1 N–H and O–H groups in total. The van der Waals surface area contributed by atoms with E-state index >= 15 is 0 Å². The molecule has 2 aromatic carbocycles. The molecule has 0 aliphatic carbocycles. The van der Waals surface area contributed by atoms with Crippen LogP contribution in [0.2, 0.25) is 0 Å². The van der Waals surface area contributed by atoms with E-state index in [-0.39, 0.29) is 11.8 Å². The van der Waals surface area contributed by atoms with Gasteiger partial charge in [0.15, 0.2) is 0 Å². The molecule has 0 radical (unpaired) electrons. The second kappa shape index (κ2) is 7.43. The molecule has 30 heavy (non-hydrogen) atoms. The van der Waals surface area contributed by atoms with Crippen LogP contribution in [0.4, 0.5) is 5.69 Å². The summed E-state index contributed by atoms with van der Waals surface area (Å²) in [5.41, 5.74) is 0.799. The van der Waals surface area contributed by atoms with Gasteiger partial charge >= 0.3 is 0 Å². The van der Waals surface area contributed by atoms with Gasteiger partial charge in [-0.05, 0) is 56.5 Å². The molecule has 0 saturated carbocycles. The third-order valence-corrected chi connectivity index (χ3v) is 6.28. The first-order valence-electron chi connectivity index (χ1n) is 10.3. The number of nitrogens with zero attached hydrogens (tertiary/aromatic N) is 1. The molecule has 1 spiro atoms. The Kier molecular flexibility index (Phi) is 5.06. The zero-order valence-corrected chi connectivity index (χ0v) is 17.9. The zero-order chi connectivity index (χ0) is 21.5. The van der Waals surface area contributed by atoms with Gasteiger partial charge in [0.25, 0.3) is 5.91 Å². The van der Waals surface area contributed by atoms with E-state index in [9.17, 15) is 9.59 Å². The molecule has 6 nitrogen and oxygen atoms in total. The van der Waals surface area contributed by atoms with Gasteiger partial charge in [-0.1, -0.05) is 30.3 Å². The van der Waals surface area contributed by atoms with Crippen LogP contribution in [0.3, 0.4) is 0 Å². The smallest absolute Gasteiger partial charge is 0.254 e. The maximum atomic E-state index is 13.6. The predicted octanol–water partition coefficient (Wildman–Crippen LogP) is 3.67. The van der Waals surface area contributed by atoms with Gasteiger partial charge in [0.05, 0.1) is 13.2 Å². The van der Waals surface area contributed by atoms with Gasteiger partial charge in [0.1, 0.15) is 16.8 Å². The quantitative estimate of drug-likeness (QED) is 0.820. The van der Waals surface area contributed by atoms with E-state index in [0.29, 0.717) is 25.3 Å². The third kappa shape index (κ3) is 2.98. The first kappa shape index (κ1) is 20.4. The van der Waals surface area contributed by atoms with E-state index in [2.05, 4.69) is 5.32 Å². The molecular formula is C24H28N2O4. The average molecular weight is 408 g/mol. The summed E-state index contributed by atoms with van der Waals surface area (Å²) in [4.78, 5) is 28.8. The number of carbonyl (C=O) groups is 2. The van der Waals surface area contributed by atoms with Gasteiger partial charge in [0, 0.05) is 18.8 Å². The number of ether oxygens (including phenoxy) is 2. The van der Waals surface area contributed by atoms with Crippen LogP contribution in [0.25, 0.3) is 0 Å². The SMILES string of the molecule is CCOC(C)(C)C(=O)N1CC[C@]2(C(=O)Nc3ccccc32)[C@@H]1c1cccc(OC)c1. The highest BCUT2D eigenvalue weighted by molar-refractivity contribution is 6.08. The van der Waals surface area contributed by atoms with Crippen molar-refractivity contribution in [1.82, 2.24) is 4.90 Å². The normalized spacial score (nSPS) is 22.9. The van der Waals surface area contributed by atoms with Crippen molar-refractivity contribution in [3.05, 3.63) is 59.7 Å². The highest BCUT2D eigenvalue weighted by atomic mass is 16.5. The van der Waals surface area contributed by atoms with Crippen molar-refractivity contribution in [2.24, 2.45) is 0 Å². The number of anilines is 1. The number of benzene rings is 2. The number of nitrogens with one attached hydrogen (secondary N) is 1. The Morgan fingerprint density at radius 2 is 2.00 bits per heavy atom. The monoisotopic (exact) mass is 408 g/mol. The molecule has 158 valence electrons. The predicted molar refractivity (Wildman–Crippen MR) is 115 cm³/mol. The van der Waals surface area contributed by atoms with Gasteiger partial charge in [-0.3, -0.25) is 9.59 Å². The van der Waals surface area contributed by atoms with Gasteiger partial charge in [0.2, 0.25) is 5.91 Å². The number of methoxy groups -OCH3 is 1. The topological polar surface area (TPSA) is 67.9 Å². The van der Waals surface area contributed by atoms with Crippen molar-refractivity contribution in [2.75, 3.05) is 25.6 Å². The lowest BCUT2D eigenvalue weighted by Crippen LogP contribution is -2.49. The number of amides is 2. The van der Waals surface area contributed by atoms with Crippen LogP contribution in [0.5, 0.6) is 5.75 Å². The Morgan fingerprint density at radius 3 is 2.73 bits per heavy atom. The number of fused-ring (bicyclic) bond motifs is 2. The Balaban J connectivity index is 1.88. The third-order valence-electron chi connectivity index (χ3n) is 6.28. The van der Waals surface area contributed by atoms with Gasteiger partial charge < -0.3 is 19.7 Å². The second-order valence-electron chi connectivity index (χ2n) is 8.34. The molecule has 6 heteroatoms. The van der Waals surface area contributed by atoms with Gasteiger partial charge in [-0.2, -0.15) is 0 Å². The second-order valence-corrected chi connectivity index (χ2v) is 8.34. The molecule has 2 atom stereocenters. The average Bonchev–Trinajstić information content (AvgIpc) is 3.27. The summed E-state index contributed by atoms with van der Waals surface area (Å²) < 4.78 is 11.2. The van der Waals surface area contributed by atoms with E-state index in [4.69, 9.17) is 9.47 Å². The number of carbonyl (C=O) groups excluding carboxylic acids is 2. The lowest BCUT2D eigenvalue weighted by molar-refractivity contribution is -0.155. The van der Waals surface area contributed by atoms with Crippen LogP contribution in [0.15, 0.2) is 48.5 Å². The fourth-order valence-corrected chi connectivity index (χ4v) is 4.95. The molecule has 1 saturated heterocycles. The molecule has 1 fully saturated rings. The Hall–Kier alpha value is -2.86. The molecule has 4 rings (SSSR count). The molecule has 0 bridgehead atoms. The lowest BCUT2D eigenvalue weighted by atomic mass is 9.72. The van der Waals surface area contributed by atoms with Crippen LogP contribution in [-0.2, 0) is 19.7 Å². The maximum absolute atomic E-state index is 13.6. The number of hydrogen-bond donors (Lipinski definition) is 1. The molecule has 2 amide bonds. The minimum absolute atomic E-state index is 0.0685. The molecule has 0 aromatic heterocycles. The minimum Gasteiger partial charge on any atom is -0.497 e. The number of likely N-dealkylation sites (tertiary alicyclic amines) is 1. The number of hydrogen-bond acceptors (Lipinski definition) is 4. The van der Waals surface area contributed by atoms with Crippen LogP contribution in [-0.4, -0.2) is 42.6 Å². The summed E-state index contributed by atoms with van der Waals surface area (Å²) in [6, 6.07) is 14.9.